The van der Waals surface area contributed by atoms with Gasteiger partial charge >= 0.3 is 13.2 Å². The second kappa shape index (κ2) is 10.2. The molecule has 0 unspecified atom stereocenters. The monoisotopic (exact) mass is 451 g/mol. The standard InChI is InChI=1S/C24H30BN3O5/c1-23(2)24(3,4)33-25(32-23)20(14-18-11-8-12-19(13-18)21(29)28-26)15-27-22(30)31-16-17-9-6-5-7-10-17/h5-14H,15-16,26H2,1-4H3,(H,27,30)(H,28,29). The van der Waals surface area contributed by atoms with Gasteiger partial charge in [-0.15, -0.1) is 0 Å². The van der Waals surface area contributed by atoms with Gasteiger partial charge in [0.1, 0.15) is 6.61 Å². The number of amides is 2. The van der Waals surface area contributed by atoms with Crippen molar-refractivity contribution < 1.29 is 23.6 Å². The maximum Gasteiger partial charge on any atom is 0.492 e. The van der Waals surface area contributed by atoms with Crippen LogP contribution in [0.25, 0.3) is 6.08 Å². The molecular weight excluding hydrogens is 421 g/mol. The average Bonchev–Trinajstić information content (AvgIpc) is 3.02. The molecule has 0 aliphatic carbocycles. The lowest BCUT2D eigenvalue weighted by Gasteiger charge is -2.32. The Labute approximate surface area is 194 Å². The number of nitrogen functional groups attached to an aromatic ring is 1. The highest BCUT2D eigenvalue weighted by Gasteiger charge is 2.52. The van der Waals surface area contributed by atoms with E-state index in [1.165, 1.54) is 0 Å². The van der Waals surface area contributed by atoms with Crippen LogP contribution in [0, 0.1) is 0 Å². The first-order valence-electron chi connectivity index (χ1n) is 10.7. The van der Waals surface area contributed by atoms with E-state index in [0.717, 1.165) is 11.1 Å². The molecule has 2 aromatic carbocycles. The van der Waals surface area contributed by atoms with Gasteiger partial charge in [0.15, 0.2) is 0 Å². The van der Waals surface area contributed by atoms with Crippen LogP contribution in [0.2, 0.25) is 0 Å². The molecule has 1 fully saturated rings. The molecule has 0 bridgehead atoms. The number of hydrazine groups is 1. The Morgan fingerprint density at radius 1 is 1.03 bits per heavy atom. The summed E-state index contributed by atoms with van der Waals surface area (Å²) in [5.41, 5.74) is 3.74. The van der Waals surface area contributed by atoms with Crippen LogP contribution in [0.4, 0.5) is 4.79 Å². The molecule has 2 aromatic rings. The maximum atomic E-state index is 12.3. The Hall–Kier alpha value is -3.14. The van der Waals surface area contributed by atoms with Crippen LogP contribution in [0.3, 0.4) is 0 Å². The molecule has 33 heavy (non-hydrogen) atoms. The van der Waals surface area contributed by atoms with Crippen LogP contribution in [0.5, 0.6) is 0 Å². The van der Waals surface area contributed by atoms with E-state index in [9.17, 15) is 9.59 Å². The number of carbonyl (C=O) groups is 2. The minimum atomic E-state index is -0.684. The zero-order valence-electron chi connectivity index (χ0n) is 19.4. The summed E-state index contributed by atoms with van der Waals surface area (Å²) in [4.78, 5) is 24.2. The van der Waals surface area contributed by atoms with Gasteiger partial charge in [0, 0.05) is 12.1 Å². The van der Waals surface area contributed by atoms with Crippen molar-refractivity contribution in [1.82, 2.24) is 10.7 Å². The Balaban J connectivity index is 1.77. The molecule has 2 amide bonds. The van der Waals surface area contributed by atoms with Crippen LogP contribution in [0.15, 0.2) is 60.1 Å². The first kappa shape index (κ1) is 24.5. The Bertz CT molecular complexity index is 1010. The van der Waals surface area contributed by atoms with Gasteiger partial charge in [-0.3, -0.25) is 10.2 Å². The number of hydrogen-bond donors (Lipinski definition) is 3. The van der Waals surface area contributed by atoms with E-state index in [4.69, 9.17) is 19.9 Å². The molecule has 4 N–H and O–H groups in total. The second-order valence-electron chi connectivity index (χ2n) is 8.82. The molecule has 1 saturated heterocycles. The first-order valence-corrected chi connectivity index (χ1v) is 10.7. The molecule has 9 heteroatoms. The third-order valence-electron chi connectivity index (χ3n) is 5.84. The fraction of sp³-hybridized carbons (Fsp3) is 0.333. The topological polar surface area (TPSA) is 112 Å². The van der Waals surface area contributed by atoms with Crippen molar-refractivity contribution in [2.24, 2.45) is 5.84 Å². The number of nitrogens with two attached hydrogens (primary N) is 1. The van der Waals surface area contributed by atoms with Crippen LogP contribution >= 0.6 is 0 Å². The fourth-order valence-corrected chi connectivity index (χ4v) is 3.21. The minimum Gasteiger partial charge on any atom is -0.445 e. The quantitative estimate of drug-likeness (QED) is 0.258. The van der Waals surface area contributed by atoms with Gasteiger partial charge in [0.2, 0.25) is 0 Å². The van der Waals surface area contributed by atoms with Crippen molar-refractivity contribution in [3.63, 3.8) is 0 Å². The van der Waals surface area contributed by atoms with E-state index in [0.29, 0.717) is 11.0 Å². The van der Waals surface area contributed by atoms with Crippen molar-refractivity contribution in [3.8, 4) is 0 Å². The van der Waals surface area contributed by atoms with Crippen molar-refractivity contribution >= 4 is 25.2 Å². The van der Waals surface area contributed by atoms with Gasteiger partial charge in [-0.1, -0.05) is 48.5 Å². The molecule has 1 aliphatic rings. The summed E-state index contributed by atoms with van der Waals surface area (Å²) in [7, 11) is -0.684. The molecule has 0 spiro atoms. The highest BCUT2D eigenvalue weighted by Crippen LogP contribution is 2.38. The largest absolute Gasteiger partial charge is 0.492 e. The molecule has 8 nitrogen and oxygen atoms in total. The van der Waals surface area contributed by atoms with Crippen molar-refractivity contribution in [2.45, 2.75) is 45.5 Å². The summed E-state index contributed by atoms with van der Waals surface area (Å²) in [6.45, 7) is 8.13. The number of rotatable bonds is 7. The maximum absolute atomic E-state index is 12.3. The summed E-state index contributed by atoms with van der Waals surface area (Å²) in [6.07, 6.45) is 1.27. The number of alkyl carbamates (subject to hydrolysis) is 1. The van der Waals surface area contributed by atoms with Gasteiger partial charge in [-0.05, 0) is 56.4 Å². The van der Waals surface area contributed by atoms with Crippen LogP contribution in [0.1, 0.15) is 49.2 Å². The van der Waals surface area contributed by atoms with Crippen LogP contribution in [-0.2, 0) is 20.7 Å². The number of ether oxygens (including phenoxy) is 1. The predicted molar refractivity (Wildman–Crippen MR) is 127 cm³/mol. The molecular formula is C24H30BN3O5. The SMILES string of the molecule is CC1(C)OB(C(=Cc2cccc(C(=O)NN)c2)CNC(=O)OCc2ccccc2)OC1(C)C. The van der Waals surface area contributed by atoms with Gasteiger partial charge in [-0.2, -0.15) is 0 Å². The third-order valence-corrected chi connectivity index (χ3v) is 5.84. The second-order valence-corrected chi connectivity index (χ2v) is 8.82. The highest BCUT2D eigenvalue weighted by atomic mass is 16.7. The average molecular weight is 451 g/mol. The molecule has 0 aromatic heterocycles. The predicted octanol–water partition coefficient (Wildman–Crippen LogP) is 3.23. The molecule has 0 saturated carbocycles. The Kier molecular flexibility index (Phi) is 7.58. The summed E-state index contributed by atoms with van der Waals surface area (Å²) in [6, 6.07) is 16.4. The molecule has 174 valence electrons. The smallest absolute Gasteiger partial charge is 0.445 e. The van der Waals surface area contributed by atoms with Crippen LogP contribution < -0.4 is 16.6 Å². The molecule has 1 heterocycles. The minimum absolute atomic E-state index is 0.137. The Morgan fingerprint density at radius 2 is 1.70 bits per heavy atom. The number of carbonyl (C=O) groups excluding carboxylic acids is 2. The van der Waals surface area contributed by atoms with E-state index in [1.807, 2.05) is 70.2 Å². The molecule has 1 aliphatic heterocycles. The first-order chi connectivity index (χ1) is 15.6. The zero-order valence-corrected chi connectivity index (χ0v) is 19.4. The summed E-state index contributed by atoms with van der Waals surface area (Å²) < 4.78 is 17.7. The van der Waals surface area contributed by atoms with Crippen molar-refractivity contribution in [1.29, 1.82) is 0 Å². The lowest BCUT2D eigenvalue weighted by Crippen LogP contribution is -2.41. The van der Waals surface area contributed by atoms with E-state index >= 15 is 0 Å². The number of nitrogens with one attached hydrogen (secondary N) is 2. The van der Waals surface area contributed by atoms with E-state index in [1.54, 1.807) is 18.2 Å². The molecule has 3 rings (SSSR count). The zero-order chi connectivity index (χ0) is 24.1. The van der Waals surface area contributed by atoms with E-state index in [-0.39, 0.29) is 13.2 Å². The lowest BCUT2D eigenvalue weighted by atomic mass is 9.77. The summed E-state index contributed by atoms with van der Waals surface area (Å²) in [5, 5.41) is 2.76. The number of hydrogen-bond acceptors (Lipinski definition) is 6. The summed E-state index contributed by atoms with van der Waals surface area (Å²) in [5.74, 6) is 4.85. The molecule has 0 radical (unpaired) electrons. The van der Waals surface area contributed by atoms with Crippen molar-refractivity contribution in [2.75, 3.05) is 6.54 Å². The van der Waals surface area contributed by atoms with Gasteiger partial charge in [0.25, 0.3) is 5.91 Å². The third kappa shape index (κ3) is 6.22. The summed E-state index contributed by atoms with van der Waals surface area (Å²) >= 11 is 0. The van der Waals surface area contributed by atoms with Gasteiger partial charge in [-0.25, -0.2) is 10.6 Å². The van der Waals surface area contributed by atoms with Gasteiger partial charge in [0.05, 0.1) is 11.2 Å². The van der Waals surface area contributed by atoms with Crippen LogP contribution in [-0.4, -0.2) is 36.9 Å². The lowest BCUT2D eigenvalue weighted by molar-refractivity contribution is 0.00578. The molecule has 0 atom stereocenters. The van der Waals surface area contributed by atoms with E-state index < -0.39 is 30.3 Å². The van der Waals surface area contributed by atoms with Gasteiger partial charge < -0.3 is 19.4 Å². The highest BCUT2D eigenvalue weighted by molar-refractivity contribution is 6.56. The Morgan fingerprint density at radius 3 is 2.33 bits per heavy atom. The fourth-order valence-electron chi connectivity index (χ4n) is 3.21. The normalized spacial score (nSPS) is 16.9. The number of benzene rings is 2. The van der Waals surface area contributed by atoms with E-state index in [2.05, 4.69) is 10.7 Å². The van der Waals surface area contributed by atoms with Crippen molar-refractivity contribution in [3.05, 3.63) is 76.8 Å².